The summed E-state index contributed by atoms with van der Waals surface area (Å²) in [6, 6.07) is 17.9. The van der Waals surface area contributed by atoms with Crippen LogP contribution in [0.1, 0.15) is 21.8 Å². The van der Waals surface area contributed by atoms with Gasteiger partial charge in [-0.15, -0.1) is 22.7 Å². The third kappa shape index (κ3) is 3.54. The molecule has 2 aromatic heterocycles. The van der Waals surface area contributed by atoms with E-state index in [1.165, 1.54) is 32.5 Å². The zero-order valence-electron chi connectivity index (χ0n) is 21.5. The van der Waals surface area contributed by atoms with Crippen molar-refractivity contribution < 1.29 is 19.2 Å². The topological polar surface area (TPSA) is 81.2 Å². The molecular weight excluding hydrogens is 615 g/mol. The summed E-state index contributed by atoms with van der Waals surface area (Å²) in [4.78, 5) is 61.2. The van der Waals surface area contributed by atoms with E-state index in [1.54, 1.807) is 48.5 Å². The van der Waals surface area contributed by atoms with Gasteiger partial charge in [0.2, 0.25) is 11.8 Å². The Balaban J connectivity index is 1.31. The fraction of sp³-hybridized carbons (Fsp3) is 0.200. The largest absolute Gasteiger partial charge is 0.274 e. The van der Waals surface area contributed by atoms with Crippen LogP contribution in [0.25, 0.3) is 0 Å². The van der Waals surface area contributed by atoms with Crippen LogP contribution in [0, 0.1) is 11.8 Å². The highest BCUT2D eigenvalue weighted by Gasteiger charge is 2.74. The summed E-state index contributed by atoms with van der Waals surface area (Å²) in [5.74, 6) is -3.09. The lowest BCUT2D eigenvalue weighted by atomic mass is 9.88. The van der Waals surface area contributed by atoms with Gasteiger partial charge in [-0.2, -0.15) is 0 Å². The van der Waals surface area contributed by atoms with Crippen LogP contribution in [0.3, 0.4) is 0 Å². The summed E-state index contributed by atoms with van der Waals surface area (Å²) in [6.45, 7) is 0. The molecule has 0 aliphatic carbocycles. The summed E-state index contributed by atoms with van der Waals surface area (Å²) in [7, 11) is 0. The first kappa shape index (κ1) is 26.3. The maximum atomic E-state index is 14.3. The van der Waals surface area contributed by atoms with Crippen molar-refractivity contribution in [1.29, 1.82) is 0 Å². The number of imide groups is 2. The Morgan fingerprint density at radius 3 is 1.31 bits per heavy atom. The summed E-state index contributed by atoms with van der Waals surface area (Å²) in [5, 5.41) is 8.37. The molecule has 0 radical (unpaired) electrons. The highest BCUT2D eigenvalue weighted by molar-refractivity contribution is 7.10. The van der Waals surface area contributed by atoms with Crippen LogP contribution in [-0.4, -0.2) is 45.7 Å². The number of fused-ring (bicyclic) bond motifs is 5. The van der Waals surface area contributed by atoms with Gasteiger partial charge in [-0.25, -0.2) is 19.8 Å². The SMILES string of the molecule is O=C1[C@@H]2[C@@H](C(=O)N1c1cccc(Cl)c1)N1[C@@H](c3cccs3)[C@H]3C(=O)N(c4cccc(Cl)c4)C(=O)[C@@H]3N1[C@H]2c1cccs1. The first-order valence-electron chi connectivity index (χ1n) is 13.3. The van der Waals surface area contributed by atoms with Gasteiger partial charge in [-0.3, -0.25) is 19.2 Å². The van der Waals surface area contributed by atoms with Crippen LogP contribution in [-0.2, 0) is 19.2 Å². The fourth-order valence-corrected chi connectivity index (χ4v) is 9.15. The smallest absolute Gasteiger partial charge is 0.253 e. The van der Waals surface area contributed by atoms with Crippen LogP contribution >= 0.6 is 45.9 Å². The first-order valence-corrected chi connectivity index (χ1v) is 15.8. The number of benzene rings is 2. The molecule has 210 valence electrons. The quantitative estimate of drug-likeness (QED) is 0.273. The van der Waals surface area contributed by atoms with Crippen LogP contribution in [0.5, 0.6) is 0 Å². The van der Waals surface area contributed by atoms with Gasteiger partial charge in [0.25, 0.3) is 11.8 Å². The van der Waals surface area contributed by atoms with E-state index in [9.17, 15) is 19.2 Å². The highest BCUT2D eigenvalue weighted by Crippen LogP contribution is 2.60. The minimum absolute atomic E-state index is 0.356. The molecule has 6 heterocycles. The molecule has 8 nitrogen and oxygen atoms in total. The van der Waals surface area contributed by atoms with Crippen molar-refractivity contribution in [1.82, 2.24) is 10.0 Å². The molecule has 4 saturated heterocycles. The molecule has 0 bridgehead atoms. The third-order valence-corrected chi connectivity index (χ3v) is 10.9. The molecule has 12 heteroatoms. The molecule has 4 amide bonds. The van der Waals surface area contributed by atoms with Crippen molar-refractivity contribution in [2.24, 2.45) is 11.8 Å². The van der Waals surface area contributed by atoms with Gasteiger partial charge in [0.15, 0.2) is 0 Å². The van der Waals surface area contributed by atoms with Gasteiger partial charge in [-0.1, -0.05) is 47.5 Å². The Morgan fingerprint density at radius 1 is 0.524 bits per heavy atom. The zero-order valence-corrected chi connectivity index (χ0v) is 24.7. The molecule has 0 N–H and O–H groups in total. The standard InChI is InChI=1S/C30H20Cl2N4O4S2/c31-15-5-1-7-17(13-15)33-27(37)21-23(19-9-3-11-41-19)36-26-22(24(20-10-4-12-42-20)35(36)25(21)29(33)39)28(38)34(30(26)40)18-8-2-6-16(32)14-18/h1-14,21-26H/t21-,22+,23-,24-,25-,26+/m0/s1. The van der Waals surface area contributed by atoms with Gasteiger partial charge in [0.05, 0.1) is 35.3 Å². The summed E-state index contributed by atoms with van der Waals surface area (Å²) < 4.78 is 0. The van der Waals surface area contributed by atoms with Gasteiger partial charge < -0.3 is 0 Å². The van der Waals surface area contributed by atoms with Gasteiger partial charge in [0, 0.05) is 19.8 Å². The molecule has 0 saturated carbocycles. The normalized spacial score (nSPS) is 29.1. The molecule has 42 heavy (non-hydrogen) atoms. The zero-order chi connectivity index (χ0) is 28.9. The van der Waals surface area contributed by atoms with Crippen molar-refractivity contribution in [3.8, 4) is 0 Å². The minimum Gasteiger partial charge on any atom is -0.274 e. The van der Waals surface area contributed by atoms with Crippen LogP contribution < -0.4 is 9.80 Å². The fourth-order valence-electron chi connectivity index (χ4n) is 7.05. The Bertz CT molecular complexity index is 1650. The lowest BCUT2D eigenvalue weighted by Crippen LogP contribution is -2.50. The average molecular weight is 636 g/mol. The van der Waals surface area contributed by atoms with Gasteiger partial charge >= 0.3 is 0 Å². The molecule has 4 aliphatic heterocycles. The van der Waals surface area contributed by atoms with E-state index in [-0.39, 0.29) is 11.8 Å². The number of carbonyl (C=O) groups is 4. The number of carbonyl (C=O) groups excluding carboxylic acids is 4. The molecule has 8 rings (SSSR count). The molecule has 0 spiro atoms. The van der Waals surface area contributed by atoms with Gasteiger partial charge in [0.1, 0.15) is 12.1 Å². The number of hydrogen-bond donors (Lipinski definition) is 0. The molecule has 4 fully saturated rings. The number of nitrogens with zero attached hydrogens (tertiary/aromatic N) is 4. The maximum absolute atomic E-state index is 14.3. The van der Waals surface area contributed by atoms with Crippen LogP contribution in [0.2, 0.25) is 10.0 Å². The first-order chi connectivity index (χ1) is 20.4. The van der Waals surface area contributed by atoms with E-state index in [2.05, 4.69) is 0 Å². The lowest BCUT2D eigenvalue weighted by Gasteiger charge is -2.35. The number of hydrazine groups is 1. The van der Waals surface area contributed by atoms with Crippen molar-refractivity contribution in [3.63, 3.8) is 0 Å². The van der Waals surface area contributed by atoms with Crippen LogP contribution in [0.15, 0.2) is 83.6 Å². The van der Waals surface area contributed by atoms with Gasteiger partial charge in [-0.05, 0) is 59.3 Å². The number of rotatable bonds is 4. The molecule has 4 aliphatic rings. The monoisotopic (exact) mass is 634 g/mol. The minimum atomic E-state index is -0.901. The van der Waals surface area contributed by atoms with Crippen molar-refractivity contribution in [3.05, 3.63) is 103 Å². The van der Waals surface area contributed by atoms with Crippen molar-refractivity contribution in [2.75, 3.05) is 9.80 Å². The number of hydrogen-bond acceptors (Lipinski definition) is 8. The van der Waals surface area contributed by atoms with E-state index in [4.69, 9.17) is 23.2 Å². The number of anilines is 2. The van der Waals surface area contributed by atoms with E-state index in [0.29, 0.717) is 21.4 Å². The number of halogens is 2. The van der Waals surface area contributed by atoms with E-state index in [1.807, 2.05) is 45.0 Å². The second-order valence-electron chi connectivity index (χ2n) is 10.6. The molecule has 4 aromatic rings. The second-order valence-corrected chi connectivity index (χ2v) is 13.4. The second kappa shape index (κ2) is 9.57. The highest BCUT2D eigenvalue weighted by atomic mass is 35.5. The Morgan fingerprint density at radius 2 is 0.952 bits per heavy atom. The summed E-state index contributed by atoms with van der Waals surface area (Å²) >= 11 is 15.4. The molecular formula is C30H20Cl2N4O4S2. The number of amides is 4. The van der Waals surface area contributed by atoms with Crippen molar-refractivity contribution in [2.45, 2.75) is 24.2 Å². The van der Waals surface area contributed by atoms with Crippen molar-refractivity contribution >= 4 is 80.9 Å². The third-order valence-electron chi connectivity index (χ3n) is 8.53. The Hall–Kier alpha value is -3.38. The predicted octanol–water partition coefficient (Wildman–Crippen LogP) is 5.56. The molecule has 2 aromatic carbocycles. The summed E-state index contributed by atoms with van der Waals surface area (Å²) in [5.41, 5.74) is 0.796. The molecule has 0 unspecified atom stereocenters. The Labute approximate surface area is 258 Å². The van der Waals surface area contributed by atoms with E-state index in [0.717, 1.165) is 9.75 Å². The van der Waals surface area contributed by atoms with E-state index >= 15 is 0 Å². The molecule has 6 atom stereocenters. The average Bonchev–Trinajstić information content (AvgIpc) is 3.79. The lowest BCUT2D eigenvalue weighted by molar-refractivity contribution is -0.135. The predicted molar refractivity (Wildman–Crippen MR) is 160 cm³/mol. The van der Waals surface area contributed by atoms with Crippen LogP contribution in [0.4, 0.5) is 11.4 Å². The van der Waals surface area contributed by atoms with E-state index < -0.39 is 47.8 Å². The summed E-state index contributed by atoms with van der Waals surface area (Å²) in [6.07, 6.45) is 0. The number of thiophene rings is 2. The Kier molecular flexibility index (Phi) is 5.98. The maximum Gasteiger partial charge on any atom is 0.253 e.